The minimum Gasteiger partial charge on any atom is -0.348 e. The molecule has 2 saturated heterocycles. The van der Waals surface area contributed by atoms with Crippen molar-refractivity contribution in [3.05, 3.63) is 18.0 Å². The van der Waals surface area contributed by atoms with Crippen LogP contribution in [0.4, 0.5) is 0 Å². The SMILES string of the molecule is Cn1nccc1C(=O)NC1CCN([C@H]2CCS(=O)(=O)C2)CC1. The van der Waals surface area contributed by atoms with Crippen LogP contribution in [0.15, 0.2) is 12.3 Å². The van der Waals surface area contributed by atoms with E-state index in [1.54, 1.807) is 24.0 Å². The number of carbonyl (C=O) groups is 1. The first-order valence-corrected chi connectivity index (χ1v) is 9.50. The average molecular weight is 326 g/mol. The van der Waals surface area contributed by atoms with Crippen molar-refractivity contribution >= 4 is 15.7 Å². The molecular formula is C14H22N4O3S. The summed E-state index contributed by atoms with van der Waals surface area (Å²) in [5.74, 6) is 0.510. The van der Waals surface area contributed by atoms with E-state index in [9.17, 15) is 13.2 Å². The highest BCUT2D eigenvalue weighted by molar-refractivity contribution is 7.91. The van der Waals surface area contributed by atoms with Crippen molar-refractivity contribution in [2.45, 2.75) is 31.3 Å². The van der Waals surface area contributed by atoms with Gasteiger partial charge in [0.25, 0.3) is 5.91 Å². The van der Waals surface area contributed by atoms with Crippen LogP contribution in [0.25, 0.3) is 0 Å². The normalized spacial score (nSPS) is 26.1. The number of carbonyl (C=O) groups excluding carboxylic acids is 1. The molecule has 3 heterocycles. The molecule has 0 saturated carbocycles. The van der Waals surface area contributed by atoms with Crippen LogP contribution < -0.4 is 5.32 Å². The molecule has 0 bridgehead atoms. The van der Waals surface area contributed by atoms with Gasteiger partial charge in [0.2, 0.25) is 0 Å². The van der Waals surface area contributed by atoms with Gasteiger partial charge in [-0.3, -0.25) is 14.4 Å². The lowest BCUT2D eigenvalue weighted by Crippen LogP contribution is -2.48. The number of piperidine rings is 1. The van der Waals surface area contributed by atoms with Crippen LogP contribution in [0, 0.1) is 0 Å². The number of hydrogen-bond donors (Lipinski definition) is 1. The van der Waals surface area contributed by atoms with Crippen LogP contribution >= 0.6 is 0 Å². The van der Waals surface area contributed by atoms with Crippen molar-refractivity contribution in [1.29, 1.82) is 0 Å². The van der Waals surface area contributed by atoms with Gasteiger partial charge >= 0.3 is 0 Å². The maximum absolute atomic E-state index is 12.2. The highest BCUT2D eigenvalue weighted by Gasteiger charge is 2.34. The first-order valence-electron chi connectivity index (χ1n) is 7.68. The number of nitrogens with one attached hydrogen (secondary N) is 1. The van der Waals surface area contributed by atoms with Gasteiger partial charge in [-0.25, -0.2) is 8.42 Å². The zero-order valence-corrected chi connectivity index (χ0v) is 13.6. The summed E-state index contributed by atoms with van der Waals surface area (Å²) in [5.41, 5.74) is 0.560. The Balaban J connectivity index is 1.50. The molecule has 3 rings (SSSR count). The molecule has 2 aliphatic heterocycles. The molecule has 0 radical (unpaired) electrons. The zero-order chi connectivity index (χ0) is 15.7. The molecule has 8 heteroatoms. The number of nitrogens with zero attached hydrogens (tertiary/aromatic N) is 3. The molecule has 2 fully saturated rings. The van der Waals surface area contributed by atoms with E-state index < -0.39 is 9.84 Å². The molecule has 22 heavy (non-hydrogen) atoms. The Bertz CT molecular complexity index is 647. The summed E-state index contributed by atoms with van der Waals surface area (Å²) in [6.07, 6.45) is 4.08. The molecular weight excluding hydrogens is 304 g/mol. The van der Waals surface area contributed by atoms with Gasteiger partial charge in [0.1, 0.15) is 5.69 Å². The van der Waals surface area contributed by atoms with E-state index in [4.69, 9.17) is 0 Å². The van der Waals surface area contributed by atoms with Crippen molar-refractivity contribution in [3.63, 3.8) is 0 Å². The van der Waals surface area contributed by atoms with Gasteiger partial charge in [-0.2, -0.15) is 5.10 Å². The fourth-order valence-electron chi connectivity index (χ4n) is 3.33. The van der Waals surface area contributed by atoms with Crippen LogP contribution in [0.2, 0.25) is 0 Å². The summed E-state index contributed by atoms with van der Waals surface area (Å²) >= 11 is 0. The summed E-state index contributed by atoms with van der Waals surface area (Å²) in [6, 6.07) is 2.02. The molecule has 0 spiro atoms. The van der Waals surface area contributed by atoms with E-state index in [-0.39, 0.29) is 18.0 Å². The second kappa shape index (κ2) is 6.00. The second-order valence-corrected chi connectivity index (χ2v) is 8.41. The Hall–Kier alpha value is -1.41. The number of aryl methyl sites for hydroxylation is 1. The van der Waals surface area contributed by atoms with Crippen molar-refractivity contribution in [3.8, 4) is 0 Å². The van der Waals surface area contributed by atoms with E-state index in [0.717, 1.165) is 32.4 Å². The summed E-state index contributed by atoms with van der Waals surface area (Å²) in [6.45, 7) is 1.69. The predicted molar refractivity (Wildman–Crippen MR) is 82.3 cm³/mol. The molecule has 0 aromatic carbocycles. The molecule has 122 valence electrons. The molecule has 1 aromatic heterocycles. The standard InChI is InChI=1S/C14H22N4O3S/c1-17-13(2-6-15-17)14(19)16-11-3-7-18(8-4-11)12-5-9-22(20,21)10-12/h2,6,11-12H,3-5,7-10H2,1H3,(H,16,19)/t12-/m0/s1. The predicted octanol–water partition coefficient (Wildman–Crippen LogP) is -0.199. The number of likely N-dealkylation sites (tertiary alicyclic amines) is 1. The van der Waals surface area contributed by atoms with Gasteiger partial charge in [0.05, 0.1) is 11.5 Å². The second-order valence-electron chi connectivity index (χ2n) is 6.18. The van der Waals surface area contributed by atoms with Crippen LogP contribution in [0.5, 0.6) is 0 Å². The van der Waals surface area contributed by atoms with Gasteiger partial charge in [-0.05, 0) is 25.3 Å². The van der Waals surface area contributed by atoms with Crippen molar-refractivity contribution < 1.29 is 13.2 Å². The largest absolute Gasteiger partial charge is 0.348 e. The Morgan fingerprint density at radius 3 is 2.59 bits per heavy atom. The monoisotopic (exact) mass is 326 g/mol. The number of aromatic nitrogens is 2. The Labute approximate surface area is 130 Å². The summed E-state index contributed by atoms with van der Waals surface area (Å²) in [4.78, 5) is 14.4. The van der Waals surface area contributed by atoms with Gasteiger partial charge in [0, 0.05) is 38.4 Å². The summed E-state index contributed by atoms with van der Waals surface area (Å²) < 4.78 is 24.7. The third kappa shape index (κ3) is 3.33. The van der Waals surface area contributed by atoms with E-state index in [2.05, 4.69) is 15.3 Å². The number of amides is 1. The van der Waals surface area contributed by atoms with Gasteiger partial charge in [-0.15, -0.1) is 0 Å². The van der Waals surface area contributed by atoms with Crippen molar-refractivity contribution in [2.75, 3.05) is 24.6 Å². The van der Waals surface area contributed by atoms with E-state index in [1.807, 2.05) is 0 Å². The van der Waals surface area contributed by atoms with Gasteiger partial charge in [0.15, 0.2) is 9.84 Å². The quantitative estimate of drug-likeness (QED) is 0.832. The fourth-order valence-corrected chi connectivity index (χ4v) is 5.09. The number of rotatable bonds is 3. The lowest BCUT2D eigenvalue weighted by Gasteiger charge is -2.35. The minimum absolute atomic E-state index is 0.0955. The Kier molecular flexibility index (Phi) is 4.22. The first kappa shape index (κ1) is 15.5. The topological polar surface area (TPSA) is 84.3 Å². The number of sulfone groups is 1. The van der Waals surface area contributed by atoms with Crippen LogP contribution in [0.3, 0.4) is 0 Å². The van der Waals surface area contributed by atoms with Crippen LogP contribution in [-0.4, -0.2) is 65.7 Å². The first-order chi connectivity index (χ1) is 10.4. The summed E-state index contributed by atoms with van der Waals surface area (Å²) in [7, 11) is -1.08. The van der Waals surface area contributed by atoms with Crippen LogP contribution in [0.1, 0.15) is 29.8 Å². The van der Waals surface area contributed by atoms with E-state index in [0.29, 0.717) is 17.2 Å². The minimum atomic E-state index is -2.83. The van der Waals surface area contributed by atoms with E-state index >= 15 is 0 Å². The molecule has 1 N–H and O–H groups in total. The third-order valence-corrected chi connectivity index (χ3v) is 6.39. The smallest absolute Gasteiger partial charge is 0.269 e. The van der Waals surface area contributed by atoms with Gasteiger partial charge in [-0.1, -0.05) is 0 Å². The lowest BCUT2D eigenvalue weighted by atomic mass is 10.0. The molecule has 1 amide bonds. The molecule has 7 nitrogen and oxygen atoms in total. The molecule has 0 unspecified atom stereocenters. The Morgan fingerprint density at radius 2 is 2.05 bits per heavy atom. The average Bonchev–Trinajstić information content (AvgIpc) is 3.05. The zero-order valence-electron chi connectivity index (χ0n) is 12.7. The maximum atomic E-state index is 12.2. The molecule has 1 atom stereocenters. The summed E-state index contributed by atoms with van der Waals surface area (Å²) in [5, 5.41) is 7.04. The van der Waals surface area contributed by atoms with Crippen molar-refractivity contribution in [1.82, 2.24) is 20.0 Å². The van der Waals surface area contributed by atoms with Crippen LogP contribution in [-0.2, 0) is 16.9 Å². The van der Waals surface area contributed by atoms with Crippen molar-refractivity contribution in [2.24, 2.45) is 7.05 Å². The van der Waals surface area contributed by atoms with E-state index in [1.165, 1.54) is 0 Å². The molecule has 0 aliphatic carbocycles. The number of hydrogen-bond acceptors (Lipinski definition) is 5. The fraction of sp³-hybridized carbons (Fsp3) is 0.714. The Morgan fingerprint density at radius 1 is 1.32 bits per heavy atom. The molecule has 1 aromatic rings. The maximum Gasteiger partial charge on any atom is 0.269 e. The highest BCUT2D eigenvalue weighted by atomic mass is 32.2. The molecule has 2 aliphatic rings. The van der Waals surface area contributed by atoms with Gasteiger partial charge < -0.3 is 5.32 Å². The lowest BCUT2D eigenvalue weighted by molar-refractivity contribution is 0.0888. The highest BCUT2D eigenvalue weighted by Crippen LogP contribution is 2.22. The third-order valence-electron chi connectivity index (χ3n) is 4.64.